The van der Waals surface area contributed by atoms with Crippen molar-refractivity contribution in [2.75, 3.05) is 26.7 Å². The maximum Gasteiger partial charge on any atom is 0.227 e. The smallest absolute Gasteiger partial charge is 0.227 e. The van der Waals surface area contributed by atoms with Gasteiger partial charge < -0.3 is 14.5 Å². The van der Waals surface area contributed by atoms with Crippen LogP contribution >= 0.6 is 0 Å². The van der Waals surface area contributed by atoms with Crippen LogP contribution in [0, 0.1) is 23.6 Å². The maximum absolute atomic E-state index is 13.6. The highest BCUT2D eigenvalue weighted by Crippen LogP contribution is 2.40. The van der Waals surface area contributed by atoms with Gasteiger partial charge in [0.2, 0.25) is 5.91 Å². The third kappa shape index (κ3) is 5.50. The van der Waals surface area contributed by atoms with Crippen LogP contribution in [0.25, 0.3) is 0 Å². The molecule has 1 aliphatic heterocycles. The largest absolute Gasteiger partial charge is 0.493 e. The van der Waals surface area contributed by atoms with E-state index < -0.39 is 0 Å². The number of ether oxygens (including phenoxy) is 1. The van der Waals surface area contributed by atoms with Crippen LogP contribution in [-0.2, 0) is 17.8 Å². The molecule has 1 aliphatic carbocycles. The predicted molar refractivity (Wildman–Crippen MR) is 125 cm³/mol. The summed E-state index contributed by atoms with van der Waals surface area (Å²) in [5, 5.41) is 0. The second-order valence-corrected chi connectivity index (χ2v) is 9.98. The molecule has 4 nitrogen and oxygen atoms in total. The Bertz CT molecular complexity index is 883. The number of piperidine rings is 1. The lowest BCUT2D eigenvalue weighted by Crippen LogP contribution is -2.53. The second kappa shape index (κ2) is 10.0. The highest BCUT2D eigenvalue weighted by Gasteiger charge is 2.45. The zero-order valence-electron chi connectivity index (χ0n) is 19.5. The van der Waals surface area contributed by atoms with Gasteiger partial charge in [0.1, 0.15) is 11.6 Å². The number of amides is 1. The molecule has 0 unspecified atom stereocenters. The lowest BCUT2D eigenvalue weighted by atomic mass is 9.90. The van der Waals surface area contributed by atoms with E-state index in [0.29, 0.717) is 37.3 Å². The van der Waals surface area contributed by atoms with E-state index in [9.17, 15) is 9.18 Å². The van der Waals surface area contributed by atoms with E-state index in [1.54, 1.807) is 12.1 Å². The Labute approximate surface area is 191 Å². The molecule has 0 radical (unpaired) electrons. The fourth-order valence-corrected chi connectivity index (χ4v) is 5.33. The lowest BCUT2D eigenvalue weighted by molar-refractivity contribution is -0.136. The van der Waals surface area contributed by atoms with Gasteiger partial charge in [-0.25, -0.2) is 4.39 Å². The third-order valence-corrected chi connectivity index (χ3v) is 6.78. The summed E-state index contributed by atoms with van der Waals surface area (Å²) in [6, 6.07) is 14.7. The molecule has 1 amide bonds. The van der Waals surface area contributed by atoms with E-state index in [4.69, 9.17) is 4.74 Å². The van der Waals surface area contributed by atoms with Gasteiger partial charge in [0.25, 0.3) is 0 Å². The molecule has 2 aromatic rings. The molecule has 1 saturated heterocycles. The molecule has 2 aliphatic rings. The van der Waals surface area contributed by atoms with Gasteiger partial charge >= 0.3 is 0 Å². The first-order valence-electron chi connectivity index (χ1n) is 11.8. The average molecular weight is 439 g/mol. The average Bonchev–Trinajstić information content (AvgIpc) is 3.02. The van der Waals surface area contributed by atoms with Crippen LogP contribution in [0.1, 0.15) is 37.8 Å². The Morgan fingerprint density at radius 2 is 1.62 bits per heavy atom. The summed E-state index contributed by atoms with van der Waals surface area (Å²) in [5.74, 6) is 2.24. The number of hydrogen-bond acceptors (Lipinski definition) is 3. The first-order valence-corrected chi connectivity index (χ1v) is 11.8. The number of carbonyl (C=O) groups is 1. The summed E-state index contributed by atoms with van der Waals surface area (Å²) < 4.78 is 19.2. The first-order chi connectivity index (χ1) is 15.4. The molecular formula is C27H35FN2O2. The van der Waals surface area contributed by atoms with Gasteiger partial charge in [0.05, 0.1) is 13.0 Å². The summed E-state index contributed by atoms with van der Waals surface area (Å²) in [4.78, 5) is 18.1. The first kappa shape index (κ1) is 22.8. The molecule has 172 valence electrons. The summed E-state index contributed by atoms with van der Waals surface area (Å²) in [5.41, 5.74) is 1.98. The highest BCUT2D eigenvalue weighted by molar-refractivity contribution is 5.79. The van der Waals surface area contributed by atoms with Crippen molar-refractivity contribution in [2.45, 2.75) is 45.7 Å². The number of carbonyl (C=O) groups excluding carboxylic acids is 1. The minimum absolute atomic E-state index is 0.150. The molecule has 2 fully saturated rings. The molecule has 3 atom stereocenters. The van der Waals surface area contributed by atoms with Crippen molar-refractivity contribution >= 4 is 5.91 Å². The molecule has 32 heavy (non-hydrogen) atoms. The Hall–Kier alpha value is -2.40. The molecule has 1 heterocycles. The monoisotopic (exact) mass is 438 g/mol. The van der Waals surface area contributed by atoms with Crippen LogP contribution < -0.4 is 4.74 Å². The van der Waals surface area contributed by atoms with Gasteiger partial charge in [-0.1, -0.05) is 38.1 Å². The van der Waals surface area contributed by atoms with E-state index in [0.717, 1.165) is 30.0 Å². The maximum atomic E-state index is 13.6. The van der Waals surface area contributed by atoms with E-state index in [2.05, 4.69) is 30.7 Å². The summed E-state index contributed by atoms with van der Waals surface area (Å²) in [6.45, 7) is 7.54. The van der Waals surface area contributed by atoms with Crippen molar-refractivity contribution in [1.82, 2.24) is 9.80 Å². The van der Waals surface area contributed by atoms with Gasteiger partial charge in [0, 0.05) is 25.7 Å². The predicted octanol–water partition coefficient (Wildman–Crippen LogP) is 4.77. The number of benzene rings is 2. The number of rotatable bonds is 8. The van der Waals surface area contributed by atoms with Crippen molar-refractivity contribution in [3.05, 3.63) is 65.5 Å². The quantitative estimate of drug-likeness (QED) is 0.595. The fourth-order valence-electron chi connectivity index (χ4n) is 5.33. The Morgan fingerprint density at radius 3 is 2.22 bits per heavy atom. The van der Waals surface area contributed by atoms with E-state index in [1.165, 1.54) is 25.0 Å². The van der Waals surface area contributed by atoms with Gasteiger partial charge in [-0.05, 0) is 73.0 Å². The Balaban J connectivity index is 1.50. The summed E-state index contributed by atoms with van der Waals surface area (Å²) >= 11 is 0. The van der Waals surface area contributed by atoms with Crippen molar-refractivity contribution in [3.8, 4) is 5.75 Å². The van der Waals surface area contributed by atoms with Gasteiger partial charge in [0.15, 0.2) is 0 Å². The Kier molecular flexibility index (Phi) is 7.14. The Morgan fingerprint density at radius 1 is 1.03 bits per heavy atom. The summed E-state index contributed by atoms with van der Waals surface area (Å²) in [6.07, 6.45) is 2.72. The second-order valence-electron chi connectivity index (χ2n) is 9.98. The normalized spacial score (nSPS) is 22.8. The molecule has 2 bridgehead atoms. The molecular weight excluding hydrogens is 403 g/mol. The van der Waals surface area contributed by atoms with Crippen LogP contribution in [0.4, 0.5) is 4.39 Å². The van der Waals surface area contributed by atoms with Crippen molar-refractivity contribution in [1.29, 1.82) is 0 Å². The molecule has 0 N–H and O–H groups in total. The van der Waals surface area contributed by atoms with Crippen LogP contribution in [-0.4, -0.2) is 48.5 Å². The zero-order chi connectivity index (χ0) is 22.7. The van der Waals surface area contributed by atoms with Crippen LogP contribution in [0.15, 0.2) is 48.5 Å². The van der Waals surface area contributed by atoms with Crippen molar-refractivity contribution < 1.29 is 13.9 Å². The topological polar surface area (TPSA) is 32.8 Å². The minimum Gasteiger partial charge on any atom is -0.493 e. The van der Waals surface area contributed by atoms with E-state index in [1.807, 2.05) is 24.3 Å². The van der Waals surface area contributed by atoms with Gasteiger partial charge in [-0.2, -0.15) is 0 Å². The van der Waals surface area contributed by atoms with Crippen LogP contribution in [0.3, 0.4) is 0 Å². The number of likely N-dealkylation sites (tertiary alicyclic amines) is 1. The van der Waals surface area contributed by atoms with E-state index >= 15 is 0 Å². The SMILES string of the molecule is CC(C)COc1ccc(CC(=O)N(Cc2ccc(F)cc2)[C@H]2[C@@H]3CC[C@H]2CN(C)C3)cc1. The minimum atomic E-state index is -0.245. The molecule has 1 saturated carbocycles. The van der Waals surface area contributed by atoms with Gasteiger partial charge in [-0.3, -0.25) is 4.79 Å². The van der Waals surface area contributed by atoms with Crippen LogP contribution in [0.5, 0.6) is 5.75 Å². The van der Waals surface area contributed by atoms with Crippen molar-refractivity contribution in [3.63, 3.8) is 0 Å². The number of hydrogen-bond donors (Lipinski definition) is 0. The molecule has 2 aromatic carbocycles. The number of halogens is 1. The molecule has 0 aromatic heterocycles. The molecule has 0 spiro atoms. The van der Waals surface area contributed by atoms with Gasteiger partial charge in [-0.15, -0.1) is 0 Å². The van der Waals surface area contributed by atoms with Crippen LogP contribution in [0.2, 0.25) is 0 Å². The molecule has 5 heteroatoms. The number of nitrogens with zero attached hydrogens (tertiary/aromatic N) is 2. The lowest BCUT2D eigenvalue weighted by Gasteiger charge is -2.43. The zero-order valence-corrected chi connectivity index (χ0v) is 19.5. The van der Waals surface area contributed by atoms with Crippen molar-refractivity contribution in [2.24, 2.45) is 17.8 Å². The highest BCUT2D eigenvalue weighted by atomic mass is 19.1. The molecule has 4 rings (SSSR count). The van der Waals surface area contributed by atoms with E-state index in [-0.39, 0.29) is 17.8 Å². The standard InChI is InChI=1S/C27H35FN2O2/c1-19(2)18-32-25-12-6-20(7-13-25)14-26(31)30(15-21-4-10-24(28)11-5-21)27-22-8-9-23(27)17-29(3)16-22/h4-7,10-13,19,22-23,27H,8-9,14-18H2,1-3H3/t22-,23+,27+. The third-order valence-electron chi connectivity index (χ3n) is 6.78. The number of fused-ring (bicyclic) bond motifs is 2. The summed E-state index contributed by atoms with van der Waals surface area (Å²) in [7, 11) is 2.18. The fraction of sp³-hybridized carbons (Fsp3) is 0.519.